The van der Waals surface area contributed by atoms with E-state index in [-0.39, 0.29) is 5.60 Å². The molecular formula is C14H22N2O+2. The Balaban J connectivity index is 1.88. The van der Waals surface area contributed by atoms with Gasteiger partial charge in [0.25, 0.3) is 0 Å². The van der Waals surface area contributed by atoms with E-state index in [4.69, 9.17) is 4.74 Å². The summed E-state index contributed by atoms with van der Waals surface area (Å²) >= 11 is 0. The second kappa shape index (κ2) is 4.00. The first-order valence-electron chi connectivity index (χ1n) is 6.61. The number of piperidine rings is 1. The summed E-state index contributed by atoms with van der Waals surface area (Å²) < 4.78 is 6.33. The van der Waals surface area contributed by atoms with Gasteiger partial charge < -0.3 is 15.4 Å². The van der Waals surface area contributed by atoms with Crippen LogP contribution < -0.4 is 15.4 Å². The largest absolute Gasteiger partial charge is 0.486 e. The number of para-hydroxylation sites is 1. The number of benzene rings is 1. The lowest BCUT2D eigenvalue weighted by Gasteiger charge is -2.43. The highest BCUT2D eigenvalue weighted by Crippen LogP contribution is 2.40. The predicted octanol–water partition coefficient (Wildman–Crippen LogP) is -0.201. The highest BCUT2D eigenvalue weighted by Gasteiger charge is 2.44. The van der Waals surface area contributed by atoms with Gasteiger partial charge in [-0.25, -0.2) is 0 Å². The molecule has 1 saturated heterocycles. The lowest BCUT2D eigenvalue weighted by atomic mass is 9.81. The van der Waals surface area contributed by atoms with Gasteiger partial charge in [-0.05, 0) is 12.1 Å². The first kappa shape index (κ1) is 11.1. The monoisotopic (exact) mass is 234 g/mol. The van der Waals surface area contributed by atoms with Crippen molar-refractivity contribution in [3.05, 3.63) is 29.8 Å². The number of nitrogens with one attached hydrogen (secondary N) is 1. The van der Waals surface area contributed by atoms with Crippen LogP contribution >= 0.6 is 0 Å². The van der Waals surface area contributed by atoms with E-state index >= 15 is 0 Å². The van der Waals surface area contributed by atoms with E-state index in [9.17, 15) is 0 Å². The first-order valence-corrected chi connectivity index (χ1v) is 6.61. The van der Waals surface area contributed by atoms with Gasteiger partial charge >= 0.3 is 0 Å². The van der Waals surface area contributed by atoms with Crippen molar-refractivity contribution < 1.29 is 15.4 Å². The van der Waals surface area contributed by atoms with Crippen LogP contribution in [0.5, 0.6) is 5.75 Å². The van der Waals surface area contributed by atoms with Crippen molar-refractivity contribution in [1.29, 1.82) is 0 Å². The van der Waals surface area contributed by atoms with Crippen molar-refractivity contribution in [3.63, 3.8) is 0 Å². The van der Waals surface area contributed by atoms with Crippen LogP contribution in [0.15, 0.2) is 24.3 Å². The Kier molecular flexibility index (Phi) is 2.60. The zero-order valence-corrected chi connectivity index (χ0v) is 10.5. The second-order valence-corrected chi connectivity index (χ2v) is 5.68. The maximum atomic E-state index is 6.33. The topological polar surface area (TPSA) is 41.3 Å². The Morgan fingerprint density at radius 2 is 2.00 bits per heavy atom. The number of quaternary nitrogens is 2. The minimum Gasteiger partial charge on any atom is -0.486 e. The van der Waals surface area contributed by atoms with Crippen LogP contribution in [0, 0.1) is 0 Å². The van der Waals surface area contributed by atoms with Crippen molar-refractivity contribution in [2.45, 2.75) is 30.9 Å². The molecular weight excluding hydrogens is 212 g/mol. The lowest BCUT2D eigenvalue weighted by molar-refractivity contribution is -0.887. The lowest BCUT2D eigenvalue weighted by Crippen LogP contribution is -3.10. The summed E-state index contributed by atoms with van der Waals surface area (Å²) in [7, 11) is 2.27. The van der Waals surface area contributed by atoms with E-state index in [0.29, 0.717) is 6.04 Å². The van der Waals surface area contributed by atoms with Gasteiger partial charge in [0.05, 0.1) is 25.7 Å². The number of rotatable bonds is 0. The molecule has 92 valence electrons. The molecule has 0 aliphatic carbocycles. The van der Waals surface area contributed by atoms with Gasteiger partial charge in [0, 0.05) is 19.3 Å². The molecule has 2 aliphatic heterocycles. The molecule has 0 bridgehead atoms. The SMILES string of the molecule is C[NH+]1CCC2(CC1)C[C@H]([NH3+])c1ccccc1O2. The van der Waals surface area contributed by atoms with Gasteiger partial charge in [-0.2, -0.15) is 0 Å². The number of likely N-dealkylation sites (tertiary alicyclic amines) is 1. The highest BCUT2D eigenvalue weighted by molar-refractivity contribution is 5.37. The molecule has 0 radical (unpaired) electrons. The Morgan fingerprint density at radius 1 is 1.29 bits per heavy atom. The summed E-state index contributed by atoms with van der Waals surface area (Å²) in [6, 6.07) is 8.78. The molecule has 0 amide bonds. The molecule has 4 N–H and O–H groups in total. The van der Waals surface area contributed by atoms with Crippen molar-refractivity contribution in [2.24, 2.45) is 0 Å². The van der Waals surface area contributed by atoms with E-state index in [1.54, 1.807) is 4.90 Å². The van der Waals surface area contributed by atoms with E-state index in [2.05, 4.69) is 37.0 Å². The summed E-state index contributed by atoms with van der Waals surface area (Å²) in [5.41, 5.74) is 5.67. The second-order valence-electron chi connectivity index (χ2n) is 5.68. The summed E-state index contributed by atoms with van der Waals surface area (Å²) in [6.45, 7) is 2.43. The van der Waals surface area contributed by atoms with Gasteiger partial charge in [0.15, 0.2) is 0 Å². The zero-order chi connectivity index (χ0) is 11.9. The molecule has 17 heavy (non-hydrogen) atoms. The van der Waals surface area contributed by atoms with E-state index < -0.39 is 0 Å². The smallest absolute Gasteiger partial charge is 0.129 e. The molecule has 0 aromatic heterocycles. The fourth-order valence-corrected chi connectivity index (χ4v) is 3.18. The summed E-state index contributed by atoms with van der Waals surface area (Å²) in [5.74, 6) is 1.07. The molecule has 2 aliphatic rings. The minimum atomic E-state index is 0.0697. The van der Waals surface area contributed by atoms with E-state index in [1.807, 2.05) is 0 Å². The van der Waals surface area contributed by atoms with E-state index in [1.165, 1.54) is 31.5 Å². The number of hydrogen-bond acceptors (Lipinski definition) is 1. The van der Waals surface area contributed by atoms with Gasteiger partial charge in [-0.15, -0.1) is 0 Å². The van der Waals surface area contributed by atoms with Gasteiger partial charge in [-0.3, -0.25) is 0 Å². The normalized spacial score (nSPS) is 36.4. The maximum absolute atomic E-state index is 6.33. The Labute approximate surface area is 103 Å². The molecule has 3 heteroatoms. The van der Waals surface area contributed by atoms with Gasteiger partial charge in [-0.1, -0.05) is 12.1 Å². The van der Waals surface area contributed by atoms with Crippen molar-refractivity contribution in [3.8, 4) is 5.75 Å². The molecule has 0 unspecified atom stereocenters. The quantitative estimate of drug-likeness (QED) is 0.641. The fourth-order valence-electron chi connectivity index (χ4n) is 3.18. The first-order chi connectivity index (χ1) is 8.19. The third-order valence-electron chi connectivity index (χ3n) is 4.32. The predicted molar refractivity (Wildman–Crippen MR) is 65.9 cm³/mol. The molecule has 1 spiro atoms. The Hall–Kier alpha value is -1.06. The minimum absolute atomic E-state index is 0.0697. The molecule has 1 aromatic rings. The van der Waals surface area contributed by atoms with Crippen LogP contribution in [0.1, 0.15) is 30.9 Å². The zero-order valence-electron chi connectivity index (χ0n) is 10.5. The molecule has 0 saturated carbocycles. The molecule has 1 atom stereocenters. The van der Waals surface area contributed by atoms with Crippen LogP contribution in [0.25, 0.3) is 0 Å². The third kappa shape index (κ3) is 1.94. The molecule has 2 heterocycles. The average molecular weight is 234 g/mol. The Morgan fingerprint density at radius 3 is 2.76 bits per heavy atom. The standard InChI is InChI=1S/C14H20N2O/c1-16-8-6-14(7-9-16)10-12(15)11-4-2-3-5-13(11)17-14/h2-5,12H,6-10,15H2,1H3/p+2/t12-/m0/s1. The molecule has 1 aromatic carbocycles. The van der Waals surface area contributed by atoms with Crippen molar-refractivity contribution >= 4 is 0 Å². The third-order valence-corrected chi connectivity index (χ3v) is 4.32. The average Bonchev–Trinajstić information content (AvgIpc) is 2.34. The molecule has 3 rings (SSSR count). The van der Waals surface area contributed by atoms with Gasteiger partial charge in [0.2, 0.25) is 0 Å². The van der Waals surface area contributed by atoms with Crippen molar-refractivity contribution in [2.75, 3.05) is 20.1 Å². The fraction of sp³-hybridized carbons (Fsp3) is 0.571. The van der Waals surface area contributed by atoms with Crippen LogP contribution in [-0.4, -0.2) is 25.7 Å². The van der Waals surface area contributed by atoms with Crippen LogP contribution in [0.4, 0.5) is 0 Å². The summed E-state index contributed by atoms with van der Waals surface area (Å²) in [6.07, 6.45) is 3.41. The van der Waals surface area contributed by atoms with Crippen LogP contribution in [-0.2, 0) is 0 Å². The number of ether oxygens (including phenoxy) is 1. The number of fused-ring (bicyclic) bond motifs is 1. The molecule has 1 fully saturated rings. The van der Waals surface area contributed by atoms with Crippen LogP contribution in [0.3, 0.4) is 0 Å². The summed E-state index contributed by atoms with van der Waals surface area (Å²) in [5, 5.41) is 0. The summed E-state index contributed by atoms with van der Waals surface area (Å²) in [4.78, 5) is 1.62. The Bertz CT molecular complexity index is 410. The molecule has 3 nitrogen and oxygen atoms in total. The van der Waals surface area contributed by atoms with Crippen molar-refractivity contribution in [1.82, 2.24) is 0 Å². The highest BCUT2D eigenvalue weighted by atomic mass is 16.5. The maximum Gasteiger partial charge on any atom is 0.129 e. The van der Waals surface area contributed by atoms with E-state index in [0.717, 1.165) is 12.2 Å². The number of hydrogen-bond donors (Lipinski definition) is 2. The van der Waals surface area contributed by atoms with Crippen LogP contribution in [0.2, 0.25) is 0 Å². The van der Waals surface area contributed by atoms with Gasteiger partial charge in [0.1, 0.15) is 17.4 Å².